The van der Waals surface area contributed by atoms with Crippen LogP contribution in [0, 0.1) is 0 Å². The van der Waals surface area contributed by atoms with Crippen LogP contribution in [0.25, 0.3) is 0 Å². The number of alkyl halides is 2. The van der Waals surface area contributed by atoms with Gasteiger partial charge in [-0.2, -0.15) is 0 Å². The van der Waals surface area contributed by atoms with Gasteiger partial charge in [0.25, 0.3) is 6.43 Å². The summed E-state index contributed by atoms with van der Waals surface area (Å²) in [5.41, 5.74) is 5.39. The van der Waals surface area contributed by atoms with E-state index in [1.165, 1.54) is 0 Å². The first-order chi connectivity index (χ1) is 6.24. The Balaban J connectivity index is 2.26. The minimum atomic E-state index is -2.20. The van der Waals surface area contributed by atoms with E-state index < -0.39 is 6.43 Å². The molecule has 0 aromatic carbocycles. The van der Waals surface area contributed by atoms with E-state index in [0.29, 0.717) is 12.6 Å². The van der Waals surface area contributed by atoms with Crippen LogP contribution < -0.4 is 5.73 Å². The van der Waals surface area contributed by atoms with Crippen LogP contribution >= 0.6 is 0 Å². The van der Waals surface area contributed by atoms with Gasteiger partial charge in [-0.3, -0.25) is 4.90 Å². The van der Waals surface area contributed by atoms with E-state index in [2.05, 4.69) is 0 Å². The molecule has 1 unspecified atom stereocenters. The summed E-state index contributed by atoms with van der Waals surface area (Å²) in [6.07, 6.45) is 1.85. The predicted molar refractivity (Wildman–Crippen MR) is 48.9 cm³/mol. The van der Waals surface area contributed by atoms with Crippen LogP contribution in [0.3, 0.4) is 0 Å². The Morgan fingerprint density at radius 3 is 2.85 bits per heavy atom. The Bertz CT molecular complexity index is 142. The quantitative estimate of drug-likeness (QED) is 0.714. The second-order valence-electron chi connectivity index (χ2n) is 3.61. The van der Waals surface area contributed by atoms with Crippen molar-refractivity contribution in [2.75, 3.05) is 19.6 Å². The molecule has 0 spiro atoms. The van der Waals surface area contributed by atoms with Crippen LogP contribution in [-0.4, -0.2) is 37.0 Å². The molecule has 0 amide bonds. The van der Waals surface area contributed by atoms with E-state index in [1.807, 2.05) is 4.90 Å². The SMILES string of the molecule is NCCCC1CCCN1CC(F)F. The number of rotatable bonds is 5. The number of likely N-dealkylation sites (tertiary alicyclic amines) is 1. The summed E-state index contributed by atoms with van der Waals surface area (Å²) in [5, 5.41) is 0. The van der Waals surface area contributed by atoms with Crippen molar-refractivity contribution in [3.05, 3.63) is 0 Å². The van der Waals surface area contributed by atoms with Gasteiger partial charge in [-0.15, -0.1) is 0 Å². The second kappa shape index (κ2) is 5.50. The lowest BCUT2D eigenvalue weighted by atomic mass is 10.1. The summed E-state index contributed by atoms with van der Waals surface area (Å²) in [4.78, 5) is 1.90. The number of hydrogen-bond acceptors (Lipinski definition) is 2. The van der Waals surface area contributed by atoms with Crippen LogP contribution in [0.5, 0.6) is 0 Å². The summed E-state index contributed by atoms with van der Waals surface area (Å²) in [7, 11) is 0. The lowest BCUT2D eigenvalue weighted by Crippen LogP contribution is -2.33. The summed E-state index contributed by atoms with van der Waals surface area (Å²) in [6, 6.07) is 0.359. The first-order valence-corrected chi connectivity index (χ1v) is 4.96. The fourth-order valence-electron chi connectivity index (χ4n) is 1.99. The van der Waals surface area contributed by atoms with E-state index in [-0.39, 0.29) is 6.54 Å². The first kappa shape index (κ1) is 10.9. The Morgan fingerprint density at radius 2 is 2.23 bits per heavy atom. The highest BCUT2D eigenvalue weighted by Crippen LogP contribution is 2.21. The maximum absolute atomic E-state index is 12.1. The van der Waals surface area contributed by atoms with E-state index in [1.54, 1.807) is 0 Å². The lowest BCUT2D eigenvalue weighted by Gasteiger charge is -2.23. The highest BCUT2D eigenvalue weighted by molar-refractivity contribution is 4.79. The van der Waals surface area contributed by atoms with Gasteiger partial charge in [0.1, 0.15) is 0 Å². The van der Waals surface area contributed by atoms with Crippen LogP contribution in [0.2, 0.25) is 0 Å². The molecule has 1 saturated heterocycles. The van der Waals surface area contributed by atoms with Crippen molar-refractivity contribution in [1.82, 2.24) is 4.90 Å². The molecule has 1 heterocycles. The lowest BCUT2D eigenvalue weighted by molar-refractivity contribution is 0.0802. The molecule has 78 valence electrons. The molecule has 0 bridgehead atoms. The Morgan fingerprint density at radius 1 is 1.46 bits per heavy atom. The molecule has 2 nitrogen and oxygen atoms in total. The molecule has 1 aliphatic rings. The van der Waals surface area contributed by atoms with Gasteiger partial charge in [-0.1, -0.05) is 0 Å². The molecule has 1 rings (SSSR count). The summed E-state index contributed by atoms with van der Waals surface area (Å²) in [6.45, 7) is 1.44. The first-order valence-electron chi connectivity index (χ1n) is 4.96. The zero-order valence-corrected chi connectivity index (χ0v) is 7.88. The van der Waals surface area contributed by atoms with Crippen LogP contribution in [0.15, 0.2) is 0 Å². The van der Waals surface area contributed by atoms with Crippen molar-refractivity contribution in [3.63, 3.8) is 0 Å². The summed E-state index contributed by atoms with van der Waals surface area (Å²) < 4.78 is 24.2. The summed E-state index contributed by atoms with van der Waals surface area (Å²) >= 11 is 0. The molecule has 1 aliphatic heterocycles. The third-order valence-corrected chi connectivity index (χ3v) is 2.61. The van der Waals surface area contributed by atoms with Crippen molar-refractivity contribution in [2.24, 2.45) is 5.73 Å². The van der Waals surface area contributed by atoms with E-state index in [4.69, 9.17) is 5.73 Å². The fourth-order valence-corrected chi connectivity index (χ4v) is 1.99. The van der Waals surface area contributed by atoms with Gasteiger partial charge >= 0.3 is 0 Å². The average molecular weight is 192 g/mol. The average Bonchev–Trinajstić information content (AvgIpc) is 2.48. The van der Waals surface area contributed by atoms with Crippen molar-refractivity contribution in [2.45, 2.75) is 38.2 Å². The maximum Gasteiger partial charge on any atom is 0.251 e. The van der Waals surface area contributed by atoms with Gasteiger partial charge in [0.15, 0.2) is 0 Å². The van der Waals surface area contributed by atoms with Gasteiger partial charge in [-0.25, -0.2) is 8.78 Å². The van der Waals surface area contributed by atoms with E-state index in [9.17, 15) is 8.78 Å². The molecule has 1 fully saturated rings. The second-order valence-corrected chi connectivity index (χ2v) is 3.61. The maximum atomic E-state index is 12.1. The van der Waals surface area contributed by atoms with Gasteiger partial charge in [0.2, 0.25) is 0 Å². The van der Waals surface area contributed by atoms with Crippen LogP contribution in [0.4, 0.5) is 8.78 Å². The minimum absolute atomic E-state index is 0.0603. The Hall–Kier alpha value is -0.220. The van der Waals surface area contributed by atoms with Crippen molar-refractivity contribution < 1.29 is 8.78 Å². The van der Waals surface area contributed by atoms with Crippen LogP contribution in [0.1, 0.15) is 25.7 Å². The van der Waals surface area contributed by atoms with Crippen molar-refractivity contribution in [3.8, 4) is 0 Å². The topological polar surface area (TPSA) is 29.3 Å². The monoisotopic (exact) mass is 192 g/mol. The van der Waals surface area contributed by atoms with E-state index >= 15 is 0 Å². The van der Waals surface area contributed by atoms with Crippen LogP contribution in [-0.2, 0) is 0 Å². The molecule has 13 heavy (non-hydrogen) atoms. The highest BCUT2D eigenvalue weighted by atomic mass is 19.3. The third-order valence-electron chi connectivity index (χ3n) is 2.61. The van der Waals surface area contributed by atoms with E-state index in [0.717, 1.165) is 32.2 Å². The molecule has 0 aromatic rings. The number of nitrogens with zero attached hydrogens (tertiary/aromatic N) is 1. The summed E-state index contributed by atoms with van der Waals surface area (Å²) in [5.74, 6) is 0. The Labute approximate surface area is 78.1 Å². The molecule has 0 radical (unpaired) electrons. The zero-order chi connectivity index (χ0) is 9.68. The standard InChI is InChI=1S/C9H18F2N2/c10-9(11)7-13-6-2-4-8(13)3-1-5-12/h8-9H,1-7,12H2. The Kier molecular flexibility index (Phi) is 4.59. The van der Waals surface area contributed by atoms with Gasteiger partial charge in [0.05, 0.1) is 6.54 Å². The molecule has 1 atom stereocenters. The molecular formula is C9H18F2N2. The highest BCUT2D eigenvalue weighted by Gasteiger charge is 2.25. The smallest absolute Gasteiger partial charge is 0.251 e. The number of nitrogens with two attached hydrogens (primary N) is 1. The predicted octanol–water partition coefficient (Wildman–Crippen LogP) is 1.45. The number of halogens is 2. The molecule has 0 saturated carbocycles. The molecule has 2 N–H and O–H groups in total. The van der Waals surface area contributed by atoms with Crippen molar-refractivity contribution >= 4 is 0 Å². The van der Waals surface area contributed by atoms with Gasteiger partial charge in [0, 0.05) is 6.04 Å². The van der Waals surface area contributed by atoms with Crippen molar-refractivity contribution in [1.29, 1.82) is 0 Å². The molecule has 0 aromatic heterocycles. The molecule has 0 aliphatic carbocycles. The molecule has 4 heteroatoms. The van der Waals surface area contributed by atoms with Gasteiger partial charge in [-0.05, 0) is 38.8 Å². The normalized spacial score (nSPS) is 24.5. The largest absolute Gasteiger partial charge is 0.330 e. The third kappa shape index (κ3) is 3.56. The fraction of sp³-hybridized carbons (Fsp3) is 1.00. The number of hydrogen-bond donors (Lipinski definition) is 1. The molecular weight excluding hydrogens is 174 g/mol. The minimum Gasteiger partial charge on any atom is -0.330 e. The zero-order valence-electron chi connectivity index (χ0n) is 7.88. The van der Waals surface area contributed by atoms with Gasteiger partial charge < -0.3 is 5.73 Å².